The Bertz CT molecular complexity index is 396. The van der Waals surface area contributed by atoms with Crippen molar-refractivity contribution in [3.63, 3.8) is 0 Å². The molecule has 1 aliphatic rings. The van der Waals surface area contributed by atoms with Crippen molar-refractivity contribution in [2.75, 3.05) is 18.9 Å². The number of thioether (sulfide) groups is 1. The predicted molar refractivity (Wildman–Crippen MR) is 78.2 cm³/mol. The van der Waals surface area contributed by atoms with E-state index in [1.807, 2.05) is 35.2 Å². The van der Waals surface area contributed by atoms with Gasteiger partial charge in [0, 0.05) is 11.4 Å². The van der Waals surface area contributed by atoms with Crippen LogP contribution in [0.4, 0.5) is 0 Å². The van der Waals surface area contributed by atoms with Crippen LogP contribution in [0.15, 0.2) is 35.2 Å². The minimum Gasteiger partial charge on any atom is -0.394 e. The van der Waals surface area contributed by atoms with Crippen LogP contribution in [0, 0.1) is 0 Å². The van der Waals surface area contributed by atoms with Crippen molar-refractivity contribution < 1.29 is 9.90 Å². The molecule has 1 aromatic rings. The van der Waals surface area contributed by atoms with Gasteiger partial charge in [0.1, 0.15) is 0 Å². The number of carbonyl (C=O) groups is 1. The maximum absolute atomic E-state index is 12.3. The normalized spacial score (nSPS) is 20.1. The number of nitrogens with zero attached hydrogens (tertiary/aromatic N) is 1. The second-order valence-corrected chi connectivity index (χ2v) is 5.92. The number of aliphatic hydroxyl groups is 1. The molecule has 1 N–H and O–H groups in total. The Hall–Kier alpha value is -1.00. The highest BCUT2D eigenvalue weighted by Crippen LogP contribution is 2.21. The number of hydrogen-bond donors (Lipinski definition) is 1. The Labute approximate surface area is 119 Å². The lowest BCUT2D eigenvalue weighted by Gasteiger charge is -2.28. The first kappa shape index (κ1) is 14.4. The van der Waals surface area contributed by atoms with Crippen molar-refractivity contribution in [1.29, 1.82) is 0 Å². The Morgan fingerprint density at radius 1 is 1.26 bits per heavy atom. The van der Waals surface area contributed by atoms with E-state index >= 15 is 0 Å². The predicted octanol–water partition coefficient (Wildman–Crippen LogP) is 2.54. The number of carbonyl (C=O) groups excluding carboxylic acids is 1. The largest absolute Gasteiger partial charge is 0.394 e. The summed E-state index contributed by atoms with van der Waals surface area (Å²) < 4.78 is 0. The molecule has 1 saturated heterocycles. The average molecular weight is 279 g/mol. The monoisotopic (exact) mass is 279 g/mol. The number of aliphatic hydroxyl groups excluding tert-OH is 1. The van der Waals surface area contributed by atoms with E-state index in [9.17, 15) is 9.90 Å². The minimum atomic E-state index is 0.0198. The molecule has 4 heteroatoms. The fourth-order valence-electron chi connectivity index (χ4n) is 2.44. The highest BCUT2D eigenvalue weighted by Gasteiger charge is 2.24. The van der Waals surface area contributed by atoms with Crippen LogP contribution in [0.1, 0.15) is 25.7 Å². The Morgan fingerprint density at radius 3 is 2.79 bits per heavy atom. The molecule has 2 rings (SSSR count). The van der Waals surface area contributed by atoms with Gasteiger partial charge in [-0.3, -0.25) is 4.79 Å². The average Bonchev–Trinajstić information content (AvgIpc) is 2.71. The highest BCUT2D eigenvalue weighted by molar-refractivity contribution is 8.00. The number of likely N-dealkylation sites (tertiary alicyclic amines) is 1. The van der Waals surface area contributed by atoms with Crippen LogP contribution in [0.5, 0.6) is 0 Å². The SMILES string of the molecule is O=C(CSc1ccccc1)N1CCCCCC1CO. The van der Waals surface area contributed by atoms with Crippen molar-refractivity contribution in [3.05, 3.63) is 30.3 Å². The van der Waals surface area contributed by atoms with Gasteiger partial charge in [-0.2, -0.15) is 0 Å². The third-order valence-electron chi connectivity index (χ3n) is 3.51. The van der Waals surface area contributed by atoms with E-state index in [1.54, 1.807) is 11.8 Å². The van der Waals surface area contributed by atoms with Crippen molar-refractivity contribution in [3.8, 4) is 0 Å². The van der Waals surface area contributed by atoms with Crippen LogP contribution in [0.3, 0.4) is 0 Å². The van der Waals surface area contributed by atoms with Crippen LogP contribution in [-0.4, -0.2) is 40.9 Å². The van der Waals surface area contributed by atoms with Gasteiger partial charge in [0.15, 0.2) is 0 Å². The fraction of sp³-hybridized carbons (Fsp3) is 0.533. The van der Waals surface area contributed by atoms with Crippen molar-refractivity contribution in [1.82, 2.24) is 4.90 Å². The molecule has 104 valence electrons. The molecule has 1 aromatic carbocycles. The molecule has 1 heterocycles. The van der Waals surface area contributed by atoms with Gasteiger partial charge in [0.05, 0.1) is 18.4 Å². The molecule has 3 nitrogen and oxygen atoms in total. The fourth-order valence-corrected chi connectivity index (χ4v) is 3.25. The van der Waals surface area contributed by atoms with Gasteiger partial charge in [-0.15, -0.1) is 11.8 Å². The summed E-state index contributed by atoms with van der Waals surface area (Å²) >= 11 is 1.57. The lowest BCUT2D eigenvalue weighted by atomic mass is 10.1. The molecule has 0 bridgehead atoms. The zero-order chi connectivity index (χ0) is 13.5. The van der Waals surface area contributed by atoms with E-state index in [2.05, 4.69) is 0 Å². The van der Waals surface area contributed by atoms with E-state index in [0.717, 1.165) is 37.1 Å². The lowest BCUT2D eigenvalue weighted by molar-refractivity contribution is -0.131. The third-order valence-corrected chi connectivity index (χ3v) is 4.51. The molecule has 0 radical (unpaired) electrons. The summed E-state index contributed by atoms with van der Waals surface area (Å²) in [5.41, 5.74) is 0. The third kappa shape index (κ3) is 4.25. The van der Waals surface area contributed by atoms with Gasteiger partial charge >= 0.3 is 0 Å². The van der Waals surface area contributed by atoms with Crippen LogP contribution >= 0.6 is 11.8 Å². The second-order valence-electron chi connectivity index (χ2n) is 4.87. The first-order valence-electron chi connectivity index (χ1n) is 6.89. The van der Waals surface area contributed by atoms with Crippen LogP contribution in [0.25, 0.3) is 0 Å². The van der Waals surface area contributed by atoms with E-state index in [4.69, 9.17) is 0 Å². The zero-order valence-corrected chi connectivity index (χ0v) is 11.9. The van der Waals surface area contributed by atoms with Crippen molar-refractivity contribution >= 4 is 17.7 Å². The molecule has 1 unspecified atom stereocenters. The zero-order valence-electron chi connectivity index (χ0n) is 11.1. The van der Waals surface area contributed by atoms with Crippen LogP contribution < -0.4 is 0 Å². The summed E-state index contributed by atoms with van der Waals surface area (Å²) in [7, 11) is 0. The molecule has 1 amide bonds. The smallest absolute Gasteiger partial charge is 0.233 e. The quantitative estimate of drug-likeness (QED) is 0.861. The summed E-state index contributed by atoms with van der Waals surface area (Å²) in [5.74, 6) is 0.607. The van der Waals surface area contributed by atoms with Crippen LogP contribution in [0.2, 0.25) is 0 Å². The summed E-state index contributed by atoms with van der Waals surface area (Å²) in [6.07, 6.45) is 4.25. The molecular weight excluding hydrogens is 258 g/mol. The van der Waals surface area contributed by atoms with Crippen LogP contribution in [-0.2, 0) is 4.79 Å². The standard InChI is InChI=1S/C15H21NO2S/c17-11-13-7-3-2-6-10-16(13)15(18)12-19-14-8-4-1-5-9-14/h1,4-5,8-9,13,17H,2-3,6-7,10-12H2. The molecule has 19 heavy (non-hydrogen) atoms. The first-order valence-corrected chi connectivity index (χ1v) is 7.88. The Balaban J connectivity index is 1.90. The highest BCUT2D eigenvalue weighted by atomic mass is 32.2. The number of hydrogen-bond acceptors (Lipinski definition) is 3. The minimum absolute atomic E-state index is 0.0198. The maximum atomic E-state index is 12.3. The Morgan fingerprint density at radius 2 is 2.05 bits per heavy atom. The number of rotatable bonds is 4. The van der Waals surface area contributed by atoms with E-state index < -0.39 is 0 Å². The second kappa shape index (κ2) is 7.56. The Kier molecular flexibility index (Phi) is 5.73. The van der Waals surface area contributed by atoms with Crippen molar-refractivity contribution in [2.24, 2.45) is 0 Å². The van der Waals surface area contributed by atoms with E-state index in [1.165, 1.54) is 0 Å². The lowest BCUT2D eigenvalue weighted by Crippen LogP contribution is -2.43. The molecule has 1 atom stereocenters. The van der Waals surface area contributed by atoms with Gasteiger partial charge < -0.3 is 10.0 Å². The van der Waals surface area contributed by atoms with Gasteiger partial charge in [0.25, 0.3) is 0 Å². The maximum Gasteiger partial charge on any atom is 0.233 e. The number of benzene rings is 1. The molecule has 0 aromatic heterocycles. The summed E-state index contributed by atoms with van der Waals surface area (Å²) in [4.78, 5) is 15.3. The molecular formula is C15H21NO2S. The van der Waals surface area contributed by atoms with Crippen molar-refractivity contribution in [2.45, 2.75) is 36.6 Å². The molecule has 1 aliphatic heterocycles. The van der Waals surface area contributed by atoms with Gasteiger partial charge in [-0.25, -0.2) is 0 Å². The first-order chi connectivity index (χ1) is 9.31. The van der Waals surface area contributed by atoms with Gasteiger partial charge in [-0.05, 0) is 25.0 Å². The number of amides is 1. The van der Waals surface area contributed by atoms with E-state index in [0.29, 0.717) is 5.75 Å². The topological polar surface area (TPSA) is 40.5 Å². The summed E-state index contributed by atoms with van der Waals surface area (Å²) in [5, 5.41) is 9.42. The molecule has 0 spiro atoms. The van der Waals surface area contributed by atoms with E-state index in [-0.39, 0.29) is 18.6 Å². The summed E-state index contributed by atoms with van der Waals surface area (Å²) in [6, 6.07) is 9.99. The van der Waals surface area contributed by atoms with Gasteiger partial charge in [0.2, 0.25) is 5.91 Å². The van der Waals surface area contributed by atoms with Gasteiger partial charge in [-0.1, -0.05) is 31.0 Å². The molecule has 1 fully saturated rings. The molecule has 0 saturated carbocycles. The summed E-state index contributed by atoms with van der Waals surface area (Å²) in [6.45, 7) is 0.876. The molecule has 0 aliphatic carbocycles.